The number of halogens is 1. The Morgan fingerprint density at radius 3 is 2.75 bits per heavy atom. The summed E-state index contributed by atoms with van der Waals surface area (Å²) in [5.41, 5.74) is 0. The topological polar surface area (TPSA) is 0 Å². The molecule has 0 nitrogen and oxygen atoms in total. The van der Waals surface area contributed by atoms with E-state index in [0.717, 1.165) is 6.42 Å². The van der Waals surface area contributed by atoms with E-state index < -0.39 is 6.17 Å². The van der Waals surface area contributed by atoms with Gasteiger partial charge in [-0.1, -0.05) is 12.2 Å². The Hall–Kier alpha value is -0.330. The molecule has 1 heteroatoms. The van der Waals surface area contributed by atoms with Crippen LogP contribution in [0.3, 0.4) is 0 Å². The highest BCUT2D eigenvalue weighted by Crippen LogP contribution is 1.99. The van der Waals surface area contributed by atoms with Crippen molar-refractivity contribution in [3.05, 3.63) is 19.1 Å². The van der Waals surface area contributed by atoms with E-state index in [1.807, 2.05) is 6.08 Å². The first-order valence-electron chi connectivity index (χ1n) is 2.85. The Morgan fingerprint density at radius 2 is 2.38 bits per heavy atom. The molecule has 0 aliphatic carbocycles. The second-order valence-electron chi connectivity index (χ2n) is 1.83. The second-order valence-corrected chi connectivity index (χ2v) is 1.83. The predicted molar refractivity (Wildman–Crippen MR) is 34.3 cm³/mol. The molecule has 0 aromatic carbocycles. The van der Waals surface area contributed by atoms with Gasteiger partial charge in [-0.3, -0.25) is 0 Å². The molecule has 0 bridgehead atoms. The van der Waals surface area contributed by atoms with Gasteiger partial charge in [-0.25, -0.2) is 4.39 Å². The van der Waals surface area contributed by atoms with E-state index in [1.54, 1.807) is 13.0 Å². The molecule has 0 spiro atoms. The standard InChI is InChI=1S/C7H12F/c1-3-4-5-6-7(2)8/h3-4,7H,1,5-6H2,2H3/b4-3+. The average Bonchev–Trinajstić information content (AvgIpc) is 1.66. The maximum Gasteiger partial charge on any atom is 0.0976 e. The first kappa shape index (κ1) is 7.67. The zero-order chi connectivity index (χ0) is 6.41. The smallest absolute Gasteiger partial charge is 0.0976 e. The highest BCUT2D eigenvalue weighted by molar-refractivity contribution is 4.83. The lowest BCUT2D eigenvalue weighted by Gasteiger charge is -1.93. The van der Waals surface area contributed by atoms with Crippen LogP contribution in [0.1, 0.15) is 19.8 Å². The van der Waals surface area contributed by atoms with Crippen molar-refractivity contribution in [2.75, 3.05) is 0 Å². The molecule has 47 valence electrons. The van der Waals surface area contributed by atoms with Crippen molar-refractivity contribution < 1.29 is 4.39 Å². The summed E-state index contributed by atoms with van der Waals surface area (Å²) in [7, 11) is 0. The van der Waals surface area contributed by atoms with E-state index in [-0.39, 0.29) is 0 Å². The second kappa shape index (κ2) is 4.82. The van der Waals surface area contributed by atoms with E-state index >= 15 is 0 Å². The molecule has 0 heterocycles. The molecule has 0 fully saturated rings. The van der Waals surface area contributed by atoms with Crippen LogP contribution in [0.4, 0.5) is 4.39 Å². The molecular formula is C7H12F. The highest BCUT2D eigenvalue weighted by atomic mass is 19.1. The highest BCUT2D eigenvalue weighted by Gasteiger charge is 1.92. The molecule has 0 aliphatic rings. The molecule has 0 aromatic rings. The monoisotopic (exact) mass is 115 g/mol. The molecule has 0 aromatic heterocycles. The molecule has 0 amide bonds. The zero-order valence-electron chi connectivity index (χ0n) is 5.23. The third-order valence-corrected chi connectivity index (χ3v) is 0.898. The summed E-state index contributed by atoms with van der Waals surface area (Å²) in [6.07, 6.45) is 4.32. The third-order valence-electron chi connectivity index (χ3n) is 0.898. The lowest BCUT2D eigenvalue weighted by molar-refractivity contribution is 0.343. The molecule has 0 N–H and O–H groups in total. The lowest BCUT2D eigenvalue weighted by Crippen LogP contribution is -1.88. The molecule has 1 radical (unpaired) electrons. The van der Waals surface area contributed by atoms with Crippen molar-refractivity contribution in [3.63, 3.8) is 0 Å². The largest absolute Gasteiger partial charge is 0.248 e. The van der Waals surface area contributed by atoms with Crippen LogP contribution in [-0.2, 0) is 0 Å². The minimum Gasteiger partial charge on any atom is -0.248 e. The first-order valence-corrected chi connectivity index (χ1v) is 2.85. The number of hydrogen-bond donors (Lipinski definition) is 0. The number of allylic oxidation sites excluding steroid dienone is 2. The Labute approximate surface area is 50.4 Å². The van der Waals surface area contributed by atoms with Crippen LogP contribution < -0.4 is 0 Å². The number of hydrogen-bond acceptors (Lipinski definition) is 0. The van der Waals surface area contributed by atoms with Crippen molar-refractivity contribution in [1.82, 2.24) is 0 Å². The third kappa shape index (κ3) is 5.67. The van der Waals surface area contributed by atoms with Crippen LogP contribution in [0.2, 0.25) is 0 Å². The number of rotatable bonds is 3. The van der Waals surface area contributed by atoms with Crippen LogP contribution in [0.25, 0.3) is 0 Å². The van der Waals surface area contributed by atoms with Crippen molar-refractivity contribution in [2.24, 2.45) is 0 Å². The van der Waals surface area contributed by atoms with Gasteiger partial charge in [-0.15, -0.1) is 0 Å². The van der Waals surface area contributed by atoms with Crippen LogP contribution >= 0.6 is 0 Å². The van der Waals surface area contributed by atoms with E-state index in [4.69, 9.17) is 0 Å². The minimum atomic E-state index is -0.675. The van der Waals surface area contributed by atoms with Crippen LogP contribution in [0, 0.1) is 6.92 Å². The predicted octanol–water partition coefficient (Wildman–Crippen LogP) is 2.51. The van der Waals surface area contributed by atoms with Crippen LogP contribution in [-0.4, -0.2) is 6.17 Å². The summed E-state index contributed by atoms with van der Waals surface area (Å²) in [6.45, 7) is 5.05. The van der Waals surface area contributed by atoms with Crippen molar-refractivity contribution in [3.8, 4) is 0 Å². The van der Waals surface area contributed by atoms with Gasteiger partial charge in [0.05, 0.1) is 6.17 Å². The van der Waals surface area contributed by atoms with Crippen molar-refractivity contribution in [2.45, 2.75) is 25.9 Å². The minimum absolute atomic E-state index is 0.617. The fraction of sp³-hybridized carbons (Fsp3) is 0.571. The number of alkyl halides is 1. The summed E-state index contributed by atoms with van der Waals surface area (Å²) in [4.78, 5) is 0. The molecule has 1 unspecified atom stereocenters. The SMILES string of the molecule is [CH2]/C=C/CCC(C)F. The van der Waals surface area contributed by atoms with E-state index in [2.05, 4.69) is 6.92 Å². The molecule has 0 saturated heterocycles. The van der Waals surface area contributed by atoms with Crippen LogP contribution in [0.5, 0.6) is 0 Å². The Morgan fingerprint density at radius 1 is 1.75 bits per heavy atom. The fourth-order valence-corrected chi connectivity index (χ4v) is 0.444. The summed E-state index contributed by atoms with van der Waals surface area (Å²) in [5, 5.41) is 0. The first-order chi connectivity index (χ1) is 3.77. The van der Waals surface area contributed by atoms with Gasteiger partial charge in [-0.05, 0) is 26.7 Å². The van der Waals surface area contributed by atoms with E-state index in [1.165, 1.54) is 0 Å². The molecule has 0 aliphatic heterocycles. The molecule has 1 atom stereocenters. The molecule has 8 heavy (non-hydrogen) atoms. The average molecular weight is 115 g/mol. The van der Waals surface area contributed by atoms with E-state index in [9.17, 15) is 4.39 Å². The van der Waals surface area contributed by atoms with Gasteiger partial charge in [0, 0.05) is 0 Å². The van der Waals surface area contributed by atoms with E-state index in [0.29, 0.717) is 6.42 Å². The lowest BCUT2D eigenvalue weighted by atomic mass is 10.2. The maximum atomic E-state index is 12.0. The summed E-state index contributed by atoms with van der Waals surface area (Å²) in [5.74, 6) is 0. The van der Waals surface area contributed by atoms with Gasteiger partial charge in [0.1, 0.15) is 0 Å². The van der Waals surface area contributed by atoms with Crippen molar-refractivity contribution >= 4 is 0 Å². The summed E-state index contributed by atoms with van der Waals surface area (Å²) in [6, 6.07) is 0. The van der Waals surface area contributed by atoms with Gasteiger partial charge in [0.25, 0.3) is 0 Å². The fourth-order valence-electron chi connectivity index (χ4n) is 0.444. The zero-order valence-corrected chi connectivity index (χ0v) is 5.23. The van der Waals surface area contributed by atoms with Gasteiger partial charge >= 0.3 is 0 Å². The summed E-state index contributed by atoms with van der Waals surface area (Å²) >= 11 is 0. The van der Waals surface area contributed by atoms with Gasteiger partial charge in [0.2, 0.25) is 0 Å². The Kier molecular flexibility index (Phi) is 4.62. The Bertz CT molecular complexity index is 64.8. The van der Waals surface area contributed by atoms with Gasteiger partial charge in [-0.2, -0.15) is 0 Å². The molecule has 0 rings (SSSR count). The van der Waals surface area contributed by atoms with Gasteiger partial charge in [0.15, 0.2) is 0 Å². The summed E-state index contributed by atoms with van der Waals surface area (Å²) < 4.78 is 12.0. The normalized spacial score (nSPS) is 14.9. The Balaban J connectivity index is 2.93. The maximum absolute atomic E-state index is 12.0. The van der Waals surface area contributed by atoms with Crippen LogP contribution in [0.15, 0.2) is 12.2 Å². The molecular weight excluding hydrogens is 103 g/mol. The van der Waals surface area contributed by atoms with Crippen molar-refractivity contribution in [1.29, 1.82) is 0 Å². The quantitative estimate of drug-likeness (QED) is 0.530. The van der Waals surface area contributed by atoms with Gasteiger partial charge < -0.3 is 0 Å². The molecule has 0 saturated carbocycles.